The number of rotatable bonds is 0. The zero-order valence-electron chi connectivity index (χ0n) is 8.78. The van der Waals surface area contributed by atoms with E-state index in [1.807, 2.05) is 6.92 Å². The molecule has 0 aliphatic carbocycles. The molecule has 0 aliphatic heterocycles. The van der Waals surface area contributed by atoms with Crippen LogP contribution >= 0.6 is 8.25 Å². The third kappa shape index (κ3) is 829. The quantitative estimate of drug-likeness (QED) is 0.253. The Hall–Kier alpha value is 1.46. The molecule has 0 saturated carbocycles. The maximum absolute atomic E-state index is 8.48. The van der Waals surface area contributed by atoms with Crippen LogP contribution in [0.5, 0.6) is 0 Å². The molecule has 0 unspecified atom stereocenters. The van der Waals surface area contributed by atoms with Gasteiger partial charge in [0.25, 0.3) is 8.25 Å². The van der Waals surface area contributed by atoms with Crippen molar-refractivity contribution in [3.8, 4) is 0 Å². The van der Waals surface area contributed by atoms with E-state index in [1.165, 1.54) is 0 Å². The van der Waals surface area contributed by atoms with E-state index >= 15 is 0 Å². The Balaban J connectivity index is -0.0000000125. The third-order valence-electron chi connectivity index (χ3n) is 0. The number of hydrogen-bond donors (Lipinski definition) is 1. The predicted molar refractivity (Wildman–Crippen MR) is 44.8 cm³/mol. The van der Waals surface area contributed by atoms with Crippen LogP contribution in [0.1, 0.15) is 6.92 Å². The molecule has 2 N–H and O–H groups in total. The molecule has 4 nitrogen and oxygen atoms in total. The average Bonchev–Trinajstić information content (AvgIpc) is 1.96. The van der Waals surface area contributed by atoms with Crippen molar-refractivity contribution in [3.05, 3.63) is 26.3 Å². The SMILES string of the molecule is C=C.C=C.CCN.O=[P+]([O-])[O-].[Na+].[Na+]. The van der Waals surface area contributed by atoms with Gasteiger partial charge in [-0.15, -0.1) is 26.3 Å². The summed E-state index contributed by atoms with van der Waals surface area (Å²) >= 11 is 0. The van der Waals surface area contributed by atoms with E-state index in [2.05, 4.69) is 26.3 Å². The average molecular weight is 226 g/mol. The van der Waals surface area contributed by atoms with Crippen molar-refractivity contribution in [2.75, 3.05) is 6.54 Å². The van der Waals surface area contributed by atoms with Crippen LogP contribution in [0.3, 0.4) is 0 Å². The fourth-order valence-corrected chi connectivity index (χ4v) is 0. The molecule has 68 valence electrons. The summed E-state index contributed by atoms with van der Waals surface area (Å²) in [6, 6.07) is 0. The van der Waals surface area contributed by atoms with Crippen molar-refractivity contribution in [2.24, 2.45) is 5.73 Å². The van der Waals surface area contributed by atoms with Gasteiger partial charge >= 0.3 is 59.1 Å². The van der Waals surface area contributed by atoms with Crippen LogP contribution in [-0.4, -0.2) is 6.54 Å². The van der Waals surface area contributed by atoms with Crippen LogP contribution in [-0.2, 0) is 4.57 Å². The molecular weight excluding hydrogens is 211 g/mol. The van der Waals surface area contributed by atoms with E-state index in [0.717, 1.165) is 6.54 Å². The van der Waals surface area contributed by atoms with Gasteiger partial charge in [-0.3, -0.25) is 0 Å². The van der Waals surface area contributed by atoms with Gasteiger partial charge < -0.3 is 15.5 Å². The molecule has 0 fully saturated rings. The van der Waals surface area contributed by atoms with Crippen molar-refractivity contribution in [2.45, 2.75) is 6.92 Å². The predicted octanol–water partition coefficient (Wildman–Crippen LogP) is -6.06. The first-order chi connectivity index (χ1) is 5.15. The topological polar surface area (TPSA) is 89.2 Å². The Morgan fingerprint density at radius 1 is 1.15 bits per heavy atom. The Labute approximate surface area is 126 Å². The first-order valence-electron chi connectivity index (χ1n) is 2.66. The fourth-order valence-electron chi connectivity index (χ4n) is 0. The van der Waals surface area contributed by atoms with Gasteiger partial charge in [0.05, 0.1) is 0 Å². The van der Waals surface area contributed by atoms with Gasteiger partial charge in [-0.25, -0.2) is 0 Å². The molecule has 0 aromatic heterocycles. The van der Waals surface area contributed by atoms with Crippen LogP contribution in [0.4, 0.5) is 0 Å². The third-order valence-corrected chi connectivity index (χ3v) is 0. The van der Waals surface area contributed by atoms with Crippen LogP contribution in [0.25, 0.3) is 0 Å². The van der Waals surface area contributed by atoms with Crippen molar-refractivity contribution in [3.63, 3.8) is 0 Å². The Bertz CT molecular complexity index is 72.9. The van der Waals surface area contributed by atoms with Gasteiger partial charge in [-0.2, -0.15) is 0 Å². The minimum absolute atomic E-state index is 0. The van der Waals surface area contributed by atoms with Crippen molar-refractivity contribution in [1.29, 1.82) is 0 Å². The molecule has 0 rings (SSSR count). The van der Waals surface area contributed by atoms with E-state index < -0.39 is 8.25 Å². The second kappa shape index (κ2) is 70.1. The number of nitrogens with two attached hydrogens (primary N) is 1. The largest absolute Gasteiger partial charge is 1.00 e. The Morgan fingerprint density at radius 2 is 1.15 bits per heavy atom. The van der Waals surface area contributed by atoms with Crippen molar-refractivity contribution in [1.82, 2.24) is 0 Å². The zero-order valence-corrected chi connectivity index (χ0v) is 13.7. The summed E-state index contributed by atoms with van der Waals surface area (Å²) in [7, 11) is -3.37. The summed E-state index contributed by atoms with van der Waals surface area (Å²) in [5.74, 6) is 0. The summed E-state index contributed by atoms with van der Waals surface area (Å²) in [5.41, 5.74) is 4.85. The number of hydrogen-bond acceptors (Lipinski definition) is 4. The van der Waals surface area contributed by atoms with E-state index in [1.54, 1.807) is 0 Å². The fraction of sp³-hybridized carbons (Fsp3) is 0.333. The van der Waals surface area contributed by atoms with E-state index in [9.17, 15) is 0 Å². The summed E-state index contributed by atoms with van der Waals surface area (Å²) < 4.78 is 8.48. The molecule has 0 spiro atoms. The maximum atomic E-state index is 8.48. The minimum atomic E-state index is -3.37. The van der Waals surface area contributed by atoms with Crippen LogP contribution in [0.15, 0.2) is 26.3 Å². The molecule has 0 saturated heterocycles. The van der Waals surface area contributed by atoms with Gasteiger partial charge in [0.2, 0.25) is 0 Å². The summed E-state index contributed by atoms with van der Waals surface area (Å²) in [6.45, 7) is 14.7. The Morgan fingerprint density at radius 3 is 1.15 bits per heavy atom. The van der Waals surface area contributed by atoms with Crippen LogP contribution < -0.4 is 74.6 Å². The molecule has 0 radical (unpaired) electrons. The van der Waals surface area contributed by atoms with E-state index in [4.69, 9.17) is 20.1 Å². The summed E-state index contributed by atoms with van der Waals surface area (Å²) in [5, 5.41) is 0. The van der Waals surface area contributed by atoms with Crippen LogP contribution in [0, 0.1) is 0 Å². The molecule has 0 bridgehead atoms. The van der Waals surface area contributed by atoms with Gasteiger partial charge in [0.15, 0.2) is 0 Å². The van der Waals surface area contributed by atoms with Gasteiger partial charge in [0.1, 0.15) is 0 Å². The molecule has 13 heavy (non-hydrogen) atoms. The summed E-state index contributed by atoms with van der Waals surface area (Å²) in [6.07, 6.45) is 0. The summed E-state index contributed by atoms with van der Waals surface area (Å²) in [4.78, 5) is 17.0. The maximum Gasteiger partial charge on any atom is 1.00 e. The standard InChI is InChI=1S/C2H7N.2C2H4.2Na.HO3P/c1-2-3;2*1-2;;;1-4(2)3/h2-3H2,1H3;2*1-2H2;;;(H,1,2,3)/q;;;2*+1;/p-1. The molecule has 0 aromatic rings. The molecule has 0 aromatic carbocycles. The Kier molecular flexibility index (Phi) is 197. The van der Waals surface area contributed by atoms with Gasteiger partial charge in [0, 0.05) is 0 Å². The molecule has 7 heteroatoms. The molecular formula is C6H15NNa2O3P+. The molecule has 0 aliphatic rings. The van der Waals surface area contributed by atoms with E-state index in [0.29, 0.717) is 0 Å². The second-order valence-electron chi connectivity index (χ2n) is 0.632. The van der Waals surface area contributed by atoms with Crippen molar-refractivity contribution >= 4 is 8.25 Å². The van der Waals surface area contributed by atoms with Crippen LogP contribution in [0.2, 0.25) is 0 Å². The molecule has 0 heterocycles. The first-order valence-corrected chi connectivity index (χ1v) is 3.76. The normalized spacial score (nSPS) is 4.00. The van der Waals surface area contributed by atoms with E-state index in [-0.39, 0.29) is 59.1 Å². The molecule has 0 amide bonds. The monoisotopic (exact) mass is 226 g/mol. The van der Waals surface area contributed by atoms with Crippen molar-refractivity contribution < 1.29 is 73.5 Å². The first kappa shape index (κ1) is 36.6. The zero-order chi connectivity index (χ0) is 10.3. The minimum Gasteiger partial charge on any atom is -0.598 e. The molecule has 0 atom stereocenters. The van der Waals surface area contributed by atoms with Gasteiger partial charge in [-0.05, 0) is 6.54 Å². The van der Waals surface area contributed by atoms with Gasteiger partial charge in [-0.1, -0.05) is 11.5 Å². The second-order valence-corrected chi connectivity index (χ2v) is 1.08. The smallest absolute Gasteiger partial charge is 0.598 e.